The van der Waals surface area contributed by atoms with E-state index in [2.05, 4.69) is 22.3 Å². The van der Waals surface area contributed by atoms with Gasteiger partial charge in [-0.3, -0.25) is 19.3 Å². The van der Waals surface area contributed by atoms with Gasteiger partial charge in [0.05, 0.1) is 11.3 Å². The number of carbonyl (C=O) groups excluding carboxylic acids is 3. The summed E-state index contributed by atoms with van der Waals surface area (Å²) >= 11 is 0. The second kappa shape index (κ2) is 8.54. The van der Waals surface area contributed by atoms with Crippen molar-refractivity contribution in [2.75, 3.05) is 34.8 Å². The van der Waals surface area contributed by atoms with Crippen molar-refractivity contribution in [2.24, 2.45) is 0 Å². The molecule has 2 aromatic carbocycles. The Labute approximate surface area is 194 Å². The first-order valence-corrected chi connectivity index (χ1v) is 11.9. The smallest absolute Gasteiger partial charge is 0.257 e. The van der Waals surface area contributed by atoms with Crippen molar-refractivity contribution in [3.63, 3.8) is 0 Å². The SMILES string of the molecule is C[C@]12CCC(=O)N1c1ccccc1C(=O)N2CCC(=O)Nc1ccc(N2CCCCC2)cc1. The number of fused-ring (bicyclic) bond motifs is 3. The lowest BCUT2D eigenvalue weighted by atomic mass is 9.98. The summed E-state index contributed by atoms with van der Waals surface area (Å²) in [6.07, 6.45) is 4.86. The van der Waals surface area contributed by atoms with Gasteiger partial charge < -0.3 is 15.1 Å². The van der Waals surface area contributed by atoms with Gasteiger partial charge in [0.1, 0.15) is 5.66 Å². The molecule has 0 unspecified atom stereocenters. The molecule has 0 bridgehead atoms. The second-order valence-electron chi connectivity index (χ2n) is 9.31. The molecular weight excluding hydrogens is 416 g/mol. The molecule has 1 atom stereocenters. The first-order chi connectivity index (χ1) is 16.0. The van der Waals surface area contributed by atoms with Gasteiger partial charge in [-0.1, -0.05) is 12.1 Å². The van der Waals surface area contributed by atoms with E-state index in [0.717, 1.165) is 18.8 Å². The summed E-state index contributed by atoms with van der Waals surface area (Å²) in [7, 11) is 0. The lowest BCUT2D eigenvalue weighted by molar-refractivity contribution is -0.117. The molecule has 3 heterocycles. The van der Waals surface area contributed by atoms with Crippen LogP contribution in [-0.4, -0.2) is 47.9 Å². The fourth-order valence-electron chi connectivity index (χ4n) is 5.39. The zero-order valence-electron chi connectivity index (χ0n) is 19.0. The Morgan fingerprint density at radius 3 is 2.48 bits per heavy atom. The third-order valence-corrected chi connectivity index (χ3v) is 7.18. The predicted octanol–water partition coefficient (Wildman–Crippen LogP) is 4.00. The van der Waals surface area contributed by atoms with Crippen molar-refractivity contribution < 1.29 is 14.4 Å². The molecule has 0 spiro atoms. The molecular formula is C26H30N4O3. The van der Waals surface area contributed by atoms with Crippen molar-refractivity contribution in [1.29, 1.82) is 0 Å². The summed E-state index contributed by atoms with van der Waals surface area (Å²) in [4.78, 5) is 44.5. The maximum atomic E-state index is 13.3. The van der Waals surface area contributed by atoms with Crippen LogP contribution < -0.4 is 15.1 Å². The van der Waals surface area contributed by atoms with Crippen LogP contribution in [-0.2, 0) is 9.59 Å². The largest absolute Gasteiger partial charge is 0.372 e. The number of carbonyl (C=O) groups is 3. The average molecular weight is 447 g/mol. The average Bonchev–Trinajstić information content (AvgIpc) is 3.15. The van der Waals surface area contributed by atoms with Crippen LogP contribution in [0.25, 0.3) is 0 Å². The molecule has 3 amide bonds. The zero-order valence-corrected chi connectivity index (χ0v) is 19.0. The van der Waals surface area contributed by atoms with Gasteiger partial charge in [-0.25, -0.2) is 0 Å². The number of para-hydroxylation sites is 1. The summed E-state index contributed by atoms with van der Waals surface area (Å²) in [5, 5.41) is 2.95. The van der Waals surface area contributed by atoms with Crippen molar-refractivity contribution >= 4 is 34.8 Å². The highest BCUT2D eigenvalue weighted by Crippen LogP contribution is 2.44. The van der Waals surface area contributed by atoms with Gasteiger partial charge in [0.25, 0.3) is 5.91 Å². The van der Waals surface area contributed by atoms with Gasteiger partial charge in [-0.15, -0.1) is 0 Å². The summed E-state index contributed by atoms with van der Waals surface area (Å²) in [5.74, 6) is -0.259. The van der Waals surface area contributed by atoms with Crippen LogP contribution in [0.5, 0.6) is 0 Å². The van der Waals surface area contributed by atoms with Crippen molar-refractivity contribution in [2.45, 2.75) is 51.1 Å². The van der Waals surface area contributed by atoms with E-state index in [4.69, 9.17) is 0 Å². The first kappa shape index (κ1) is 21.5. The number of anilines is 3. The van der Waals surface area contributed by atoms with Crippen LogP contribution in [0.15, 0.2) is 48.5 Å². The number of rotatable bonds is 5. The number of hydrogen-bond donors (Lipinski definition) is 1. The predicted molar refractivity (Wildman–Crippen MR) is 128 cm³/mol. The number of nitrogens with zero attached hydrogens (tertiary/aromatic N) is 3. The van der Waals surface area contributed by atoms with E-state index in [1.807, 2.05) is 31.2 Å². The maximum absolute atomic E-state index is 13.3. The molecule has 0 aliphatic carbocycles. The first-order valence-electron chi connectivity index (χ1n) is 11.9. The monoisotopic (exact) mass is 446 g/mol. The number of piperidine rings is 1. The maximum Gasteiger partial charge on any atom is 0.257 e. The Kier molecular flexibility index (Phi) is 5.56. The van der Waals surface area contributed by atoms with Crippen LogP contribution in [0.1, 0.15) is 55.8 Å². The lowest BCUT2D eigenvalue weighted by Gasteiger charge is -2.48. The minimum Gasteiger partial charge on any atom is -0.372 e. The molecule has 0 radical (unpaired) electrons. The number of nitrogens with one attached hydrogen (secondary N) is 1. The molecule has 0 aromatic heterocycles. The van der Waals surface area contributed by atoms with E-state index in [9.17, 15) is 14.4 Å². The van der Waals surface area contributed by atoms with E-state index in [0.29, 0.717) is 24.1 Å². The molecule has 7 heteroatoms. The lowest BCUT2D eigenvalue weighted by Crippen LogP contribution is -2.62. The minimum atomic E-state index is -0.737. The second-order valence-corrected chi connectivity index (χ2v) is 9.31. The molecule has 2 saturated heterocycles. The van der Waals surface area contributed by atoms with E-state index in [1.54, 1.807) is 21.9 Å². The number of benzene rings is 2. The molecule has 7 nitrogen and oxygen atoms in total. The van der Waals surface area contributed by atoms with Crippen LogP contribution in [0.2, 0.25) is 0 Å². The molecule has 3 aliphatic heterocycles. The van der Waals surface area contributed by atoms with Crippen molar-refractivity contribution in [3.8, 4) is 0 Å². The summed E-state index contributed by atoms with van der Waals surface area (Å²) in [6, 6.07) is 15.2. The third kappa shape index (κ3) is 3.86. The Balaban J connectivity index is 1.26. The Morgan fingerprint density at radius 1 is 1.00 bits per heavy atom. The van der Waals surface area contributed by atoms with Gasteiger partial charge in [0.15, 0.2) is 0 Å². The normalized spacial score (nSPS) is 22.3. The molecule has 0 saturated carbocycles. The highest BCUT2D eigenvalue weighted by molar-refractivity contribution is 6.10. The molecule has 5 rings (SSSR count). The highest BCUT2D eigenvalue weighted by atomic mass is 16.2. The Morgan fingerprint density at radius 2 is 1.73 bits per heavy atom. The summed E-state index contributed by atoms with van der Waals surface area (Å²) in [6.45, 7) is 4.34. The van der Waals surface area contributed by atoms with Crippen LogP contribution in [0, 0.1) is 0 Å². The quantitative estimate of drug-likeness (QED) is 0.753. The van der Waals surface area contributed by atoms with Crippen LogP contribution in [0.3, 0.4) is 0 Å². The van der Waals surface area contributed by atoms with Gasteiger partial charge in [0.2, 0.25) is 11.8 Å². The fourth-order valence-corrected chi connectivity index (χ4v) is 5.39. The molecule has 33 heavy (non-hydrogen) atoms. The third-order valence-electron chi connectivity index (χ3n) is 7.18. The molecule has 3 aliphatic rings. The van der Waals surface area contributed by atoms with Crippen molar-refractivity contribution in [3.05, 3.63) is 54.1 Å². The Hall–Kier alpha value is -3.35. The summed E-state index contributed by atoms with van der Waals surface area (Å²) < 4.78 is 0. The standard InChI is InChI=1S/C26H30N4O3/c1-26-15-13-24(32)30(26)22-8-4-3-7-21(22)25(33)29(26)18-14-23(31)27-19-9-11-20(12-10-19)28-16-5-2-6-17-28/h3-4,7-12H,2,5-6,13-18H2,1H3,(H,27,31)/t26-/m1/s1. The van der Waals surface area contributed by atoms with E-state index in [-0.39, 0.29) is 30.7 Å². The Bertz CT molecular complexity index is 1080. The highest BCUT2D eigenvalue weighted by Gasteiger charge is 2.52. The number of amides is 3. The zero-order chi connectivity index (χ0) is 23.0. The molecule has 172 valence electrons. The van der Waals surface area contributed by atoms with E-state index >= 15 is 0 Å². The van der Waals surface area contributed by atoms with E-state index < -0.39 is 5.66 Å². The van der Waals surface area contributed by atoms with Crippen LogP contribution >= 0.6 is 0 Å². The van der Waals surface area contributed by atoms with Gasteiger partial charge in [-0.2, -0.15) is 0 Å². The molecule has 2 aromatic rings. The summed E-state index contributed by atoms with van der Waals surface area (Å²) in [5.41, 5.74) is 2.38. The van der Waals surface area contributed by atoms with E-state index in [1.165, 1.54) is 24.9 Å². The fraction of sp³-hybridized carbons (Fsp3) is 0.423. The minimum absolute atomic E-state index is 0.0145. The van der Waals surface area contributed by atoms with Gasteiger partial charge in [-0.05, 0) is 69.0 Å². The van der Waals surface area contributed by atoms with Crippen molar-refractivity contribution in [1.82, 2.24) is 4.90 Å². The topological polar surface area (TPSA) is 73.0 Å². The molecule has 2 fully saturated rings. The number of hydrogen-bond acceptors (Lipinski definition) is 4. The van der Waals surface area contributed by atoms with Gasteiger partial charge >= 0.3 is 0 Å². The van der Waals surface area contributed by atoms with Crippen LogP contribution in [0.4, 0.5) is 17.1 Å². The van der Waals surface area contributed by atoms with Gasteiger partial charge in [0, 0.05) is 43.9 Å². The molecule has 1 N–H and O–H groups in total.